The van der Waals surface area contributed by atoms with Gasteiger partial charge in [-0.2, -0.15) is 0 Å². The maximum atomic E-state index is 12.5. The van der Waals surface area contributed by atoms with Crippen molar-refractivity contribution in [2.45, 2.75) is 6.92 Å². The molecule has 0 atom stereocenters. The quantitative estimate of drug-likeness (QED) is 0.294. The van der Waals surface area contributed by atoms with Crippen molar-refractivity contribution in [3.8, 4) is 11.5 Å². The van der Waals surface area contributed by atoms with E-state index >= 15 is 0 Å². The lowest BCUT2D eigenvalue weighted by molar-refractivity contribution is -0.128. The lowest BCUT2D eigenvalue weighted by Gasteiger charge is -2.27. The van der Waals surface area contributed by atoms with Crippen LogP contribution in [0, 0.1) is 0 Å². The molecule has 142 valence electrons. The van der Waals surface area contributed by atoms with Crippen LogP contribution in [0.1, 0.15) is 12.5 Å². The smallest absolute Gasteiger partial charge is 0.265 e. The molecule has 0 spiro atoms. The molecule has 0 unspecified atom stereocenters. The Morgan fingerprint density at radius 2 is 2.07 bits per heavy atom. The first-order chi connectivity index (χ1) is 12.9. The molecular formula is C18H19N3O5S. The molecule has 2 rings (SSSR count). The van der Waals surface area contributed by atoms with Crippen LogP contribution in [-0.4, -0.2) is 47.5 Å². The van der Waals surface area contributed by atoms with E-state index in [2.05, 4.69) is 11.9 Å². The zero-order valence-corrected chi connectivity index (χ0v) is 15.5. The van der Waals surface area contributed by atoms with E-state index in [1.807, 2.05) is 0 Å². The van der Waals surface area contributed by atoms with Gasteiger partial charge in [0.2, 0.25) is 0 Å². The van der Waals surface area contributed by atoms with E-state index in [4.69, 9.17) is 27.4 Å². The molecule has 1 heterocycles. The molecule has 0 aliphatic carbocycles. The fraction of sp³-hybridized carbons (Fsp3) is 0.222. The van der Waals surface area contributed by atoms with Crippen molar-refractivity contribution >= 4 is 41.1 Å². The minimum atomic E-state index is -0.619. The Morgan fingerprint density at radius 3 is 2.70 bits per heavy atom. The van der Waals surface area contributed by atoms with Gasteiger partial charge in [0.05, 0.1) is 6.61 Å². The second kappa shape index (κ2) is 8.95. The molecule has 9 heteroatoms. The minimum absolute atomic E-state index is 0.0345. The summed E-state index contributed by atoms with van der Waals surface area (Å²) in [5.41, 5.74) is 5.55. The van der Waals surface area contributed by atoms with Gasteiger partial charge >= 0.3 is 0 Å². The number of nitrogens with two attached hydrogens (primary N) is 1. The third-order valence-electron chi connectivity index (χ3n) is 3.45. The first kappa shape index (κ1) is 20.1. The van der Waals surface area contributed by atoms with Gasteiger partial charge in [0.1, 0.15) is 5.57 Å². The van der Waals surface area contributed by atoms with E-state index in [0.29, 0.717) is 23.7 Å². The summed E-state index contributed by atoms with van der Waals surface area (Å²) >= 11 is 5.01. The van der Waals surface area contributed by atoms with Gasteiger partial charge < -0.3 is 15.2 Å². The van der Waals surface area contributed by atoms with E-state index < -0.39 is 17.7 Å². The Balaban J connectivity index is 2.35. The predicted octanol–water partition coefficient (Wildman–Crippen LogP) is 0.762. The molecule has 1 fully saturated rings. The molecule has 27 heavy (non-hydrogen) atoms. The van der Waals surface area contributed by atoms with Gasteiger partial charge in [-0.15, -0.1) is 6.58 Å². The van der Waals surface area contributed by atoms with Gasteiger partial charge in [0, 0.05) is 6.54 Å². The number of amides is 3. The van der Waals surface area contributed by atoms with E-state index in [1.165, 1.54) is 17.1 Å². The fourth-order valence-corrected chi connectivity index (χ4v) is 2.56. The van der Waals surface area contributed by atoms with Crippen molar-refractivity contribution in [1.82, 2.24) is 10.2 Å². The summed E-state index contributed by atoms with van der Waals surface area (Å²) in [5, 5.41) is 2.51. The minimum Gasteiger partial charge on any atom is -0.490 e. The lowest BCUT2D eigenvalue weighted by Crippen LogP contribution is -2.53. The highest BCUT2D eigenvalue weighted by Gasteiger charge is 2.32. The van der Waals surface area contributed by atoms with Gasteiger partial charge in [-0.1, -0.05) is 12.1 Å². The Labute approximate surface area is 161 Å². The van der Waals surface area contributed by atoms with Gasteiger partial charge in [-0.3, -0.25) is 24.6 Å². The van der Waals surface area contributed by atoms with Crippen LogP contribution in [-0.2, 0) is 14.4 Å². The van der Waals surface area contributed by atoms with Crippen molar-refractivity contribution in [2.24, 2.45) is 5.73 Å². The molecule has 1 aliphatic rings. The molecule has 1 aliphatic heterocycles. The normalized spacial score (nSPS) is 15.5. The van der Waals surface area contributed by atoms with E-state index in [-0.39, 0.29) is 23.8 Å². The number of ether oxygens (including phenoxy) is 2. The van der Waals surface area contributed by atoms with E-state index in [1.54, 1.807) is 25.1 Å². The summed E-state index contributed by atoms with van der Waals surface area (Å²) in [5.74, 6) is -1.04. The van der Waals surface area contributed by atoms with Crippen LogP contribution >= 0.6 is 12.2 Å². The molecule has 1 aromatic rings. The summed E-state index contributed by atoms with van der Waals surface area (Å²) in [7, 11) is 0. The largest absolute Gasteiger partial charge is 0.490 e. The Morgan fingerprint density at radius 1 is 1.33 bits per heavy atom. The van der Waals surface area contributed by atoms with Crippen LogP contribution in [0.4, 0.5) is 0 Å². The predicted molar refractivity (Wildman–Crippen MR) is 103 cm³/mol. The Kier molecular flexibility index (Phi) is 6.67. The van der Waals surface area contributed by atoms with Gasteiger partial charge in [0.15, 0.2) is 23.2 Å². The monoisotopic (exact) mass is 389 g/mol. The number of carbonyl (C=O) groups excluding carboxylic acids is 3. The van der Waals surface area contributed by atoms with Crippen molar-refractivity contribution < 1.29 is 23.9 Å². The number of thiocarbonyl (C=S) groups is 1. The number of hydrogen-bond acceptors (Lipinski definition) is 6. The molecule has 0 bridgehead atoms. The molecule has 0 radical (unpaired) electrons. The van der Waals surface area contributed by atoms with Crippen molar-refractivity contribution in [1.29, 1.82) is 0 Å². The molecular weight excluding hydrogens is 370 g/mol. The number of benzene rings is 1. The van der Waals surface area contributed by atoms with Gasteiger partial charge in [-0.25, -0.2) is 0 Å². The van der Waals surface area contributed by atoms with Crippen LogP contribution < -0.4 is 20.5 Å². The molecule has 0 aromatic heterocycles. The maximum Gasteiger partial charge on any atom is 0.265 e. The second-order valence-corrected chi connectivity index (χ2v) is 5.80. The van der Waals surface area contributed by atoms with Crippen molar-refractivity contribution in [3.63, 3.8) is 0 Å². The van der Waals surface area contributed by atoms with Crippen molar-refractivity contribution in [2.75, 3.05) is 19.8 Å². The van der Waals surface area contributed by atoms with Gasteiger partial charge in [-0.05, 0) is 42.9 Å². The summed E-state index contributed by atoms with van der Waals surface area (Å²) < 4.78 is 10.8. The highest BCUT2D eigenvalue weighted by Crippen LogP contribution is 2.29. The molecule has 1 saturated heterocycles. The van der Waals surface area contributed by atoms with Crippen LogP contribution in [0.25, 0.3) is 6.08 Å². The number of nitrogens with one attached hydrogen (secondary N) is 1. The summed E-state index contributed by atoms with van der Waals surface area (Å²) in [6, 6.07) is 4.78. The zero-order chi connectivity index (χ0) is 20.0. The lowest BCUT2D eigenvalue weighted by atomic mass is 10.1. The highest BCUT2D eigenvalue weighted by atomic mass is 32.1. The standard InChI is InChI=1S/C18H19N3O5S/c1-3-7-21-17(24)12(16(23)20-18(21)27)8-11-5-6-13(26-10-15(19)22)14(9-11)25-4-2/h3,5-6,8-9H,1,4,7,10H2,2H3,(H2,19,22)(H,20,23,27)/b12-8-. The van der Waals surface area contributed by atoms with E-state index in [0.717, 1.165) is 0 Å². The second-order valence-electron chi connectivity index (χ2n) is 5.42. The summed E-state index contributed by atoms with van der Waals surface area (Å²) in [6.07, 6.45) is 2.94. The molecule has 8 nitrogen and oxygen atoms in total. The highest BCUT2D eigenvalue weighted by molar-refractivity contribution is 7.80. The summed E-state index contributed by atoms with van der Waals surface area (Å²) in [6.45, 7) is 5.60. The third kappa shape index (κ3) is 4.91. The average molecular weight is 389 g/mol. The number of nitrogens with zero attached hydrogens (tertiary/aromatic N) is 1. The molecule has 3 amide bonds. The number of hydrogen-bond donors (Lipinski definition) is 2. The first-order valence-corrected chi connectivity index (χ1v) is 8.46. The summed E-state index contributed by atoms with van der Waals surface area (Å²) in [4.78, 5) is 36.9. The zero-order valence-electron chi connectivity index (χ0n) is 14.7. The van der Waals surface area contributed by atoms with Crippen LogP contribution in [0.5, 0.6) is 11.5 Å². The van der Waals surface area contributed by atoms with Gasteiger partial charge in [0.25, 0.3) is 17.7 Å². The maximum absolute atomic E-state index is 12.5. The number of rotatable bonds is 8. The number of primary amides is 1. The molecule has 1 aromatic carbocycles. The van der Waals surface area contributed by atoms with Crippen LogP contribution in [0.3, 0.4) is 0 Å². The fourth-order valence-electron chi connectivity index (χ4n) is 2.31. The van der Waals surface area contributed by atoms with E-state index in [9.17, 15) is 14.4 Å². The number of carbonyl (C=O) groups is 3. The Bertz CT molecular complexity index is 834. The van der Waals surface area contributed by atoms with Crippen molar-refractivity contribution in [3.05, 3.63) is 42.0 Å². The first-order valence-electron chi connectivity index (χ1n) is 8.05. The Hall–Kier alpha value is -3.20. The molecule has 0 saturated carbocycles. The molecule has 3 N–H and O–H groups in total. The van der Waals surface area contributed by atoms with Crippen LogP contribution in [0.15, 0.2) is 36.4 Å². The average Bonchev–Trinajstić information content (AvgIpc) is 2.61. The third-order valence-corrected chi connectivity index (χ3v) is 3.77. The topological polar surface area (TPSA) is 111 Å². The van der Waals surface area contributed by atoms with Crippen LogP contribution in [0.2, 0.25) is 0 Å². The SMILES string of the molecule is C=CCN1C(=O)/C(=C\c2ccc(OCC(N)=O)c(OCC)c2)C(=O)NC1=S.